The highest BCUT2D eigenvalue weighted by molar-refractivity contribution is 8.13. The zero-order valence-electron chi connectivity index (χ0n) is 36.0. The molecule has 0 aromatic carbocycles. The SMILES string of the molecule is CCCC/C=C/CCCCCCCCC(=O)SCCNC(=O)CCNC(=O)C(O)C(C)(C)COP(=O)(O)OP(=O)(O)OCC1OC(n2cnc3c(N)ncnc32)C(O)C1OP(=O)(O)O. The number of phosphoric acid groups is 3. The van der Waals surface area contributed by atoms with E-state index < -0.39 is 84.6 Å². The minimum Gasteiger partial charge on any atom is -0.386 e. The fraction of sp³-hybridized carbons (Fsp3) is 0.722. The number of nitrogens with two attached hydrogens (primary N) is 1. The van der Waals surface area contributed by atoms with E-state index in [0.717, 1.165) is 67.5 Å². The number of rotatable bonds is 31. The number of aromatic nitrogens is 4. The first-order valence-corrected chi connectivity index (χ1v) is 26.3. The number of aliphatic hydroxyl groups excluding tert-OH is 2. The zero-order valence-corrected chi connectivity index (χ0v) is 39.5. The second-order valence-corrected chi connectivity index (χ2v) is 21.0. The Morgan fingerprint density at radius 2 is 1.59 bits per heavy atom. The van der Waals surface area contributed by atoms with Crippen LogP contribution in [-0.2, 0) is 50.7 Å². The summed E-state index contributed by atoms with van der Waals surface area (Å²) < 4.78 is 62.4. The van der Waals surface area contributed by atoms with Gasteiger partial charge in [0.25, 0.3) is 0 Å². The third kappa shape index (κ3) is 19.6. The second kappa shape index (κ2) is 26.6. The van der Waals surface area contributed by atoms with Gasteiger partial charge < -0.3 is 50.9 Å². The smallest absolute Gasteiger partial charge is 0.386 e. The number of hydrogen-bond donors (Lipinski definition) is 9. The minimum absolute atomic E-state index is 0.0328. The monoisotopic (exact) mass is 989 g/mol. The summed E-state index contributed by atoms with van der Waals surface area (Å²) in [5.74, 6) is -1.03. The fourth-order valence-electron chi connectivity index (χ4n) is 6.16. The van der Waals surface area contributed by atoms with E-state index in [4.69, 9.17) is 19.5 Å². The number of allylic oxidation sites excluding steroid dienone is 2. The van der Waals surface area contributed by atoms with Gasteiger partial charge in [0.2, 0.25) is 11.8 Å². The third-order valence-corrected chi connectivity index (χ3v) is 13.7. The number of unbranched alkanes of at least 4 members (excludes halogenated alkanes) is 8. The van der Waals surface area contributed by atoms with E-state index in [1.807, 2.05) is 0 Å². The van der Waals surface area contributed by atoms with Crippen LogP contribution >= 0.6 is 35.2 Å². The van der Waals surface area contributed by atoms with Crippen LogP contribution in [0.15, 0.2) is 24.8 Å². The number of fused-ring (bicyclic) bond motifs is 1. The molecule has 7 unspecified atom stereocenters. The van der Waals surface area contributed by atoms with Gasteiger partial charge in [-0.25, -0.2) is 28.6 Å². The standard InChI is InChI=1S/C36H62N7O17P3S/c1-4-5-6-7-8-9-10-11-12-13-14-15-16-27(45)64-20-19-38-26(44)17-18-39-34(48)31(47)36(2,3)22-57-63(54,55)60-62(52,53)56-21-25-30(59-61(49,50)51)29(46)35(58-25)43-24-42-28-32(37)40-23-41-33(28)43/h7-8,23-25,29-31,35,46-47H,4-6,9-22H2,1-3H3,(H,38,44)(H,39,48)(H,52,53)(H,54,55)(H2,37,40,41)(H2,49,50,51)/b8-7+. The van der Waals surface area contributed by atoms with Crippen LogP contribution in [0.2, 0.25) is 0 Å². The molecule has 364 valence electrons. The van der Waals surface area contributed by atoms with Crippen LogP contribution in [0, 0.1) is 5.41 Å². The Morgan fingerprint density at radius 3 is 2.28 bits per heavy atom. The molecule has 1 fully saturated rings. The molecule has 2 aromatic heterocycles. The summed E-state index contributed by atoms with van der Waals surface area (Å²) in [6.07, 6.45) is 9.27. The highest BCUT2D eigenvalue weighted by Gasteiger charge is 2.50. The number of hydrogen-bond acceptors (Lipinski definition) is 18. The van der Waals surface area contributed by atoms with Gasteiger partial charge in [-0.3, -0.25) is 32.5 Å². The van der Waals surface area contributed by atoms with Crippen molar-refractivity contribution in [1.29, 1.82) is 0 Å². The first-order valence-electron chi connectivity index (χ1n) is 20.8. The highest BCUT2D eigenvalue weighted by Crippen LogP contribution is 2.61. The molecule has 0 bridgehead atoms. The van der Waals surface area contributed by atoms with Crippen molar-refractivity contribution in [2.75, 3.05) is 37.8 Å². The second-order valence-electron chi connectivity index (χ2n) is 15.6. The molecular weight excluding hydrogens is 927 g/mol. The molecule has 28 heteroatoms. The quantitative estimate of drug-likeness (QED) is 0.0296. The van der Waals surface area contributed by atoms with Gasteiger partial charge in [-0.2, -0.15) is 4.31 Å². The predicted octanol–water partition coefficient (Wildman–Crippen LogP) is 3.53. The average Bonchev–Trinajstić information content (AvgIpc) is 3.78. The van der Waals surface area contributed by atoms with Gasteiger partial charge in [-0.1, -0.05) is 83.2 Å². The van der Waals surface area contributed by atoms with Crippen molar-refractivity contribution >= 4 is 69.1 Å². The molecule has 7 atom stereocenters. The lowest BCUT2D eigenvalue weighted by atomic mass is 9.87. The summed E-state index contributed by atoms with van der Waals surface area (Å²) in [6, 6.07) is 0. The Hall–Kier alpha value is -2.70. The van der Waals surface area contributed by atoms with Gasteiger partial charge in [0.05, 0.1) is 19.5 Å². The summed E-state index contributed by atoms with van der Waals surface area (Å²) in [5.41, 5.74) is 4.28. The molecule has 0 saturated carbocycles. The van der Waals surface area contributed by atoms with Crippen molar-refractivity contribution < 1.29 is 80.5 Å². The first-order chi connectivity index (χ1) is 30.1. The lowest BCUT2D eigenvalue weighted by Gasteiger charge is -2.30. The van der Waals surface area contributed by atoms with E-state index in [0.29, 0.717) is 12.2 Å². The van der Waals surface area contributed by atoms with Crippen LogP contribution in [0.3, 0.4) is 0 Å². The number of anilines is 1. The molecule has 1 aliphatic rings. The van der Waals surface area contributed by atoms with Gasteiger partial charge in [0.15, 0.2) is 22.8 Å². The highest BCUT2D eigenvalue weighted by atomic mass is 32.2. The number of aliphatic hydroxyl groups is 2. The van der Waals surface area contributed by atoms with Crippen LogP contribution in [0.25, 0.3) is 11.2 Å². The number of ether oxygens (including phenoxy) is 1. The summed E-state index contributed by atoms with van der Waals surface area (Å²) in [7, 11) is -16.4. The molecule has 24 nitrogen and oxygen atoms in total. The number of carbonyl (C=O) groups is 3. The summed E-state index contributed by atoms with van der Waals surface area (Å²) in [5, 5.41) is 26.6. The van der Waals surface area contributed by atoms with E-state index in [1.165, 1.54) is 39.5 Å². The number of phosphoric ester groups is 3. The molecule has 0 aliphatic carbocycles. The van der Waals surface area contributed by atoms with Gasteiger partial charge in [0.1, 0.15) is 36.3 Å². The predicted molar refractivity (Wildman–Crippen MR) is 233 cm³/mol. The summed E-state index contributed by atoms with van der Waals surface area (Å²) >= 11 is 1.15. The Balaban J connectivity index is 1.34. The Bertz CT molecular complexity index is 1990. The van der Waals surface area contributed by atoms with Crippen LogP contribution in [0.1, 0.15) is 104 Å². The number of imidazole rings is 1. The lowest BCUT2D eigenvalue weighted by molar-refractivity contribution is -0.137. The van der Waals surface area contributed by atoms with Crippen LogP contribution in [0.5, 0.6) is 0 Å². The lowest BCUT2D eigenvalue weighted by Crippen LogP contribution is -2.46. The molecule has 10 N–H and O–H groups in total. The number of nitrogen functional groups attached to an aromatic ring is 1. The molecule has 3 heterocycles. The zero-order chi connectivity index (χ0) is 47.6. The number of nitrogens with zero attached hydrogens (tertiary/aromatic N) is 4. The first kappa shape index (κ1) is 55.6. The van der Waals surface area contributed by atoms with E-state index in [-0.39, 0.29) is 41.6 Å². The van der Waals surface area contributed by atoms with Crippen LogP contribution < -0.4 is 16.4 Å². The molecule has 1 saturated heterocycles. The molecule has 2 aromatic rings. The van der Waals surface area contributed by atoms with Crippen molar-refractivity contribution in [3.63, 3.8) is 0 Å². The molecule has 1 aliphatic heterocycles. The molecular formula is C36H62N7O17P3S. The van der Waals surface area contributed by atoms with Gasteiger partial charge >= 0.3 is 23.5 Å². The Morgan fingerprint density at radius 1 is 0.938 bits per heavy atom. The minimum atomic E-state index is -5.57. The molecule has 2 amide bonds. The van der Waals surface area contributed by atoms with Crippen molar-refractivity contribution in [3.05, 3.63) is 24.8 Å². The largest absolute Gasteiger partial charge is 0.481 e. The number of nitrogens with one attached hydrogen (secondary N) is 2. The van der Waals surface area contributed by atoms with Crippen LogP contribution in [-0.4, -0.2) is 123 Å². The average molecular weight is 990 g/mol. The van der Waals surface area contributed by atoms with Crippen molar-refractivity contribution in [2.24, 2.45) is 5.41 Å². The summed E-state index contributed by atoms with van der Waals surface area (Å²) in [4.78, 5) is 88.2. The maximum atomic E-state index is 12.7. The Labute approximate surface area is 375 Å². The third-order valence-electron chi connectivity index (χ3n) is 9.66. The van der Waals surface area contributed by atoms with E-state index >= 15 is 0 Å². The maximum Gasteiger partial charge on any atom is 0.481 e. The Kier molecular flexibility index (Phi) is 23.1. The molecule has 0 spiro atoms. The van der Waals surface area contributed by atoms with Gasteiger partial charge in [-0.05, 0) is 25.7 Å². The number of carbonyl (C=O) groups excluding carboxylic acids is 3. The molecule has 3 rings (SSSR count). The maximum absolute atomic E-state index is 12.7. The van der Waals surface area contributed by atoms with E-state index in [9.17, 15) is 57.9 Å². The van der Waals surface area contributed by atoms with Crippen molar-refractivity contribution in [1.82, 2.24) is 30.2 Å². The fourth-order valence-corrected chi connectivity index (χ4v) is 9.71. The topological polar surface area (TPSA) is 364 Å². The van der Waals surface area contributed by atoms with E-state index in [1.54, 1.807) is 0 Å². The van der Waals surface area contributed by atoms with Gasteiger partial charge in [-0.15, -0.1) is 0 Å². The number of thioether (sulfide) groups is 1. The molecule has 0 radical (unpaired) electrons. The van der Waals surface area contributed by atoms with Crippen molar-refractivity contribution in [2.45, 2.75) is 128 Å². The van der Waals surface area contributed by atoms with Crippen LogP contribution in [0.4, 0.5) is 5.82 Å². The molecule has 64 heavy (non-hydrogen) atoms. The van der Waals surface area contributed by atoms with Gasteiger partial charge in [0, 0.05) is 37.1 Å². The van der Waals surface area contributed by atoms with Crippen molar-refractivity contribution in [3.8, 4) is 0 Å². The normalized spacial score (nSPS) is 20.6. The summed E-state index contributed by atoms with van der Waals surface area (Å²) in [6.45, 7) is 2.75. The number of amides is 2. The van der Waals surface area contributed by atoms with E-state index in [2.05, 4.69) is 53.5 Å².